The Morgan fingerprint density at radius 2 is 1.58 bits per heavy atom. The van der Waals surface area contributed by atoms with Gasteiger partial charge in [-0.25, -0.2) is 0 Å². The average Bonchev–Trinajstić information content (AvgIpc) is 2.60. The maximum atomic E-state index is 10.0. The van der Waals surface area contributed by atoms with Crippen molar-refractivity contribution >= 4 is 11.6 Å². The number of quaternary nitrogens is 2. The number of hydrogen-bond donors (Lipinski definition) is 3. The van der Waals surface area contributed by atoms with E-state index in [0.717, 1.165) is 55.6 Å². The molecule has 24 heavy (non-hydrogen) atoms. The van der Waals surface area contributed by atoms with Gasteiger partial charge in [0.2, 0.25) is 0 Å². The number of nitrogens with one attached hydrogen (secondary N) is 2. The smallest absolute Gasteiger partial charge is 0.127 e. The first-order valence-corrected chi connectivity index (χ1v) is 8.79. The lowest BCUT2D eigenvalue weighted by Crippen LogP contribution is -3.27. The van der Waals surface area contributed by atoms with Crippen molar-refractivity contribution in [2.24, 2.45) is 0 Å². The molecular formula is C19H25ClN2O2+2. The van der Waals surface area contributed by atoms with Crippen molar-refractivity contribution in [1.82, 2.24) is 0 Å². The predicted molar refractivity (Wildman–Crippen MR) is 94.9 cm³/mol. The van der Waals surface area contributed by atoms with Crippen molar-refractivity contribution in [3.63, 3.8) is 0 Å². The van der Waals surface area contributed by atoms with Gasteiger partial charge < -0.3 is 19.6 Å². The number of piperazine rings is 1. The number of phenols is 1. The van der Waals surface area contributed by atoms with E-state index in [0.29, 0.717) is 5.75 Å². The van der Waals surface area contributed by atoms with Gasteiger partial charge in [-0.2, -0.15) is 0 Å². The Bertz CT molecular complexity index is 668. The highest BCUT2D eigenvalue weighted by Crippen LogP contribution is 2.21. The molecule has 1 aliphatic heterocycles. The second kappa shape index (κ2) is 7.88. The van der Waals surface area contributed by atoms with Crippen LogP contribution >= 0.6 is 11.6 Å². The number of rotatable bonds is 5. The van der Waals surface area contributed by atoms with E-state index in [1.165, 1.54) is 10.5 Å². The van der Waals surface area contributed by atoms with Crippen LogP contribution in [0.15, 0.2) is 42.5 Å². The Kier molecular flexibility index (Phi) is 5.61. The van der Waals surface area contributed by atoms with Gasteiger partial charge in [0.05, 0.1) is 12.7 Å². The quantitative estimate of drug-likeness (QED) is 0.738. The van der Waals surface area contributed by atoms with Crippen LogP contribution in [0.2, 0.25) is 5.02 Å². The van der Waals surface area contributed by atoms with Gasteiger partial charge in [-0.1, -0.05) is 23.7 Å². The van der Waals surface area contributed by atoms with Gasteiger partial charge >= 0.3 is 0 Å². The Balaban J connectivity index is 1.52. The molecule has 1 fully saturated rings. The zero-order chi connectivity index (χ0) is 16.9. The summed E-state index contributed by atoms with van der Waals surface area (Å²) in [5.74, 6) is 1.16. The molecule has 0 aromatic heterocycles. The third kappa shape index (κ3) is 4.41. The number of benzene rings is 2. The first-order chi connectivity index (χ1) is 11.6. The molecule has 4 nitrogen and oxygen atoms in total. The van der Waals surface area contributed by atoms with Gasteiger partial charge in [0.1, 0.15) is 50.8 Å². The predicted octanol–water partition coefficient (Wildman–Crippen LogP) is 0.538. The van der Waals surface area contributed by atoms with Crippen LogP contribution in [0.1, 0.15) is 11.1 Å². The summed E-state index contributed by atoms with van der Waals surface area (Å²) < 4.78 is 5.26. The SMILES string of the molecule is COc1ccc(O)c(C[NH+]2CC[NH+](Cc3ccc(Cl)cc3)CC2)c1. The summed E-state index contributed by atoms with van der Waals surface area (Å²) in [6.45, 7) is 6.40. The van der Waals surface area contributed by atoms with Crippen LogP contribution < -0.4 is 14.5 Å². The number of ether oxygens (including phenoxy) is 1. The van der Waals surface area contributed by atoms with Gasteiger partial charge in [0.15, 0.2) is 0 Å². The van der Waals surface area contributed by atoms with E-state index in [9.17, 15) is 5.11 Å². The first kappa shape index (κ1) is 17.1. The third-order valence-electron chi connectivity index (χ3n) is 4.76. The van der Waals surface area contributed by atoms with Crippen molar-refractivity contribution < 1.29 is 19.6 Å². The van der Waals surface area contributed by atoms with Gasteiger partial charge in [0.25, 0.3) is 0 Å². The lowest BCUT2D eigenvalue weighted by Gasteiger charge is -2.30. The molecule has 2 aromatic rings. The van der Waals surface area contributed by atoms with Crippen LogP contribution in [-0.2, 0) is 13.1 Å². The standard InChI is InChI=1S/C19H23ClN2O2/c1-24-18-6-7-19(23)16(12-18)14-22-10-8-21(9-11-22)13-15-2-4-17(20)5-3-15/h2-7,12,23H,8-11,13-14H2,1H3/p+2. The van der Waals surface area contributed by atoms with E-state index >= 15 is 0 Å². The molecule has 0 radical (unpaired) electrons. The van der Waals surface area contributed by atoms with E-state index in [1.807, 2.05) is 18.2 Å². The van der Waals surface area contributed by atoms with Crippen LogP contribution in [0.4, 0.5) is 0 Å². The third-order valence-corrected chi connectivity index (χ3v) is 5.01. The summed E-state index contributed by atoms with van der Waals surface area (Å²) >= 11 is 5.95. The monoisotopic (exact) mass is 348 g/mol. The van der Waals surface area contributed by atoms with E-state index in [4.69, 9.17) is 16.3 Å². The topological polar surface area (TPSA) is 38.3 Å². The fourth-order valence-electron chi connectivity index (χ4n) is 3.30. The maximum absolute atomic E-state index is 10.0. The second-order valence-electron chi connectivity index (χ2n) is 6.47. The normalized spacial score (nSPS) is 20.8. The molecule has 0 saturated carbocycles. The molecule has 0 unspecified atom stereocenters. The molecule has 1 saturated heterocycles. The zero-order valence-electron chi connectivity index (χ0n) is 14.0. The van der Waals surface area contributed by atoms with Crippen molar-refractivity contribution in [3.8, 4) is 11.5 Å². The lowest BCUT2D eigenvalue weighted by atomic mass is 10.1. The van der Waals surface area contributed by atoms with Gasteiger partial charge in [0, 0.05) is 10.6 Å². The number of aromatic hydroxyl groups is 1. The summed E-state index contributed by atoms with van der Waals surface area (Å²) in [5.41, 5.74) is 2.30. The lowest BCUT2D eigenvalue weighted by molar-refractivity contribution is -1.02. The summed E-state index contributed by atoms with van der Waals surface area (Å²) in [4.78, 5) is 3.12. The van der Waals surface area contributed by atoms with Crippen molar-refractivity contribution in [1.29, 1.82) is 0 Å². The number of hydrogen-bond acceptors (Lipinski definition) is 2. The van der Waals surface area contributed by atoms with Gasteiger partial charge in [-0.15, -0.1) is 0 Å². The molecule has 1 heterocycles. The first-order valence-electron chi connectivity index (χ1n) is 8.41. The minimum absolute atomic E-state index is 0.360. The molecule has 0 amide bonds. The van der Waals surface area contributed by atoms with Crippen molar-refractivity contribution in [2.75, 3.05) is 33.3 Å². The number of halogens is 1. The maximum Gasteiger partial charge on any atom is 0.127 e. The van der Waals surface area contributed by atoms with Crippen LogP contribution in [0, 0.1) is 0 Å². The van der Waals surface area contributed by atoms with Crippen LogP contribution in [0.5, 0.6) is 11.5 Å². The van der Waals surface area contributed by atoms with E-state index < -0.39 is 0 Å². The fraction of sp³-hybridized carbons (Fsp3) is 0.368. The zero-order valence-corrected chi connectivity index (χ0v) is 14.8. The largest absolute Gasteiger partial charge is 0.507 e. The minimum atomic E-state index is 0.360. The molecule has 128 valence electrons. The summed E-state index contributed by atoms with van der Waals surface area (Å²) in [6.07, 6.45) is 0. The molecule has 0 bridgehead atoms. The summed E-state index contributed by atoms with van der Waals surface area (Å²) in [7, 11) is 1.65. The second-order valence-corrected chi connectivity index (χ2v) is 6.91. The molecule has 2 aromatic carbocycles. The Morgan fingerprint density at radius 1 is 0.958 bits per heavy atom. The highest BCUT2D eigenvalue weighted by molar-refractivity contribution is 6.30. The van der Waals surface area contributed by atoms with Crippen LogP contribution in [0.25, 0.3) is 0 Å². The molecule has 1 aliphatic rings. The van der Waals surface area contributed by atoms with E-state index in [2.05, 4.69) is 12.1 Å². The van der Waals surface area contributed by atoms with Gasteiger partial charge in [-0.05, 0) is 30.3 Å². The van der Waals surface area contributed by atoms with Crippen molar-refractivity contribution in [2.45, 2.75) is 13.1 Å². The van der Waals surface area contributed by atoms with Gasteiger partial charge in [-0.3, -0.25) is 0 Å². The fourth-order valence-corrected chi connectivity index (χ4v) is 3.43. The molecular weight excluding hydrogens is 324 g/mol. The van der Waals surface area contributed by atoms with Crippen molar-refractivity contribution in [3.05, 3.63) is 58.6 Å². The summed E-state index contributed by atoms with van der Waals surface area (Å²) in [6, 6.07) is 13.6. The molecule has 0 atom stereocenters. The Hall–Kier alpha value is -1.75. The summed E-state index contributed by atoms with van der Waals surface area (Å²) in [5, 5.41) is 10.8. The highest BCUT2D eigenvalue weighted by atomic mass is 35.5. The van der Waals surface area contributed by atoms with Crippen LogP contribution in [0.3, 0.4) is 0 Å². The van der Waals surface area contributed by atoms with E-state index in [-0.39, 0.29) is 0 Å². The van der Waals surface area contributed by atoms with Crippen LogP contribution in [-0.4, -0.2) is 38.4 Å². The molecule has 3 N–H and O–H groups in total. The average molecular weight is 349 g/mol. The molecule has 3 rings (SSSR count). The molecule has 0 aliphatic carbocycles. The number of phenolic OH excluding ortho intramolecular Hbond substituents is 1. The Labute approximate surface area is 148 Å². The highest BCUT2D eigenvalue weighted by Gasteiger charge is 2.24. The molecule has 5 heteroatoms. The molecule has 0 spiro atoms. The van der Waals surface area contributed by atoms with E-state index in [1.54, 1.807) is 24.1 Å². The number of methoxy groups -OCH3 is 1. The minimum Gasteiger partial charge on any atom is -0.507 e. The Morgan fingerprint density at radius 3 is 2.21 bits per heavy atom.